The maximum Gasteiger partial charge on any atom is 0.151 e. The first kappa shape index (κ1) is 11.3. The number of hydrogen-bond acceptors (Lipinski definition) is 4. The second-order valence-electron chi connectivity index (χ2n) is 4.71. The van der Waals surface area contributed by atoms with Gasteiger partial charge in [-0.2, -0.15) is 5.10 Å². The number of nitrogens with zero attached hydrogens (tertiary/aromatic N) is 3. The van der Waals surface area contributed by atoms with Crippen LogP contribution in [0.3, 0.4) is 0 Å². The number of anilines is 1. The summed E-state index contributed by atoms with van der Waals surface area (Å²) < 4.78 is 0. The molecule has 0 spiro atoms. The van der Waals surface area contributed by atoms with E-state index in [1.807, 2.05) is 12.1 Å². The second kappa shape index (κ2) is 4.78. The normalized spacial score (nSPS) is 21.5. The van der Waals surface area contributed by atoms with Crippen LogP contribution in [0.4, 0.5) is 5.82 Å². The molecule has 2 heterocycles. The van der Waals surface area contributed by atoms with Crippen LogP contribution in [0.1, 0.15) is 38.3 Å². The predicted molar refractivity (Wildman–Crippen MR) is 63.6 cm³/mol. The summed E-state index contributed by atoms with van der Waals surface area (Å²) in [7, 11) is 0. The lowest BCUT2D eigenvalue weighted by atomic mass is 10.1. The number of rotatable bonds is 2. The van der Waals surface area contributed by atoms with Crippen LogP contribution in [0, 0.1) is 0 Å². The van der Waals surface area contributed by atoms with E-state index >= 15 is 0 Å². The van der Waals surface area contributed by atoms with Crippen LogP contribution in [0.15, 0.2) is 12.1 Å². The fourth-order valence-electron chi connectivity index (χ4n) is 1.97. The number of piperidine rings is 1. The van der Waals surface area contributed by atoms with Crippen LogP contribution in [0.2, 0.25) is 0 Å². The molecule has 1 N–H and O–H groups in total. The average molecular weight is 221 g/mol. The SMILES string of the molecule is CC(C)c1ccc(N2CCCC(O)C2)nn1. The highest BCUT2D eigenvalue weighted by Gasteiger charge is 2.19. The Morgan fingerprint density at radius 1 is 1.38 bits per heavy atom. The number of aromatic nitrogens is 2. The fourth-order valence-corrected chi connectivity index (χ4v) is 1.97. The van der Waals surface area contributed by atoms with Gasteiger partial charge in [0, 0.05) is 13.1 Å². The first-order valence-corrected chi connectivity index (χ1v) is 5.93. The molecule has 4 nitrogen and oxygen atoms in total. The van der Waals surface area contributed by atoms with Crippen LogP contribution in [0.5, 0.6) is 0 Å². The molecule has 0 aliphatic carbocycles. The Kier molecular flexibility index (Phi) is 3.39. The Balaban J connectivity index is 2.09. The van der Waals surface area contributed by atoms with Crippen molar-refractivity contribution in [3.63, 3.8) is 0 Å². The smallest absolute Gasteiger partial charge is 0.151 e. The van der Waals surface area contributed by atoms with Crippen molar-refractivity contribution in [2.24, 2.45) is 0 Å². The van der Waals surface area contributed by atoms with Crippen molar-refractivity contribution in [3.8, 4) is 0 Å². The van der Waals surface area contributed by atoms with Gasteiger partial charge in [0.1, 0.15) is 0 Å². The molecule has 1 aliphatic heterocycles. The van der Waals surface area contributed by atoms with Crippen molar-refractivity contribution in [1.29, 1.82) is 0 Å². The van der Waals surface area contributed by atoms with E-state index in [4.69, 9.17) is 0 Å². The number of aliphatic hydroxyl groups excluding tert-OH is 1. The third kappa shape index (κ3) is 2.50. The van der Waals surface area contributed by atoms with Gasteiger partial charge in [-0.05, 0) is 30.9 Å². The van der Waals surface area contributed by atoms with Gasteiger partial charge in [-0.15, -0.1) is 5.10 Å². The van der Waals surface area contributed by atoms with Gasteiger partial charge in [0.15, 0.2) is 5.82 Å². The lowest BCUT2D eigenvalue weighted by Gasteiger charge is -2.30. The molecule has 1 fully saturated rings. The molecule has 1 unspecified atom stereocenters. The average Bonchev–Trinajstić information content (AvgIpc) is 2.29. The van der Waals surface area contributed by atoms with E-state index in [0.29, 0.717) is 12.5 Å². The summed E-state index contributed by atoms with van der Waals surface area (Å²) in [5, 5.41) is 18.0. The highest BCUT2D eigenvalue weighted by Crippen LogP contribution is 2.18. The maximum absolute atomic E-state index is 9.59. The van der Waals surface area contributed by atoms with Crippen LogP contribution in [-0.4, -0.2) is 34.5 Å². The summed E-state index contributed by atoms with van der Waals surface area (Å²) in [5.41, 5.74) is 1.02. The molecule has 1 saturated heterocycles. The summed E-state index contributed by atoms with van der Waals surface area (Å²) >= 11 is 0. The van der Waals surface area contributed by atoms with Crippen LogP contribution >= 0.6 is 0 Å². The van der Waals surface area contributed by atoms with E-state index in [2.05, 4.69) is 28.9 Å². The van der Waals surface area contributed by atoms with E-state index in [0.717, 1.165) is 30.9 Å². The van der Waals surface area contributed by atoms with E-state index in [1.54, 1.807) is 0 Å². The Bertz CT molecular complexity index is 337. The van der Waals surface area contributed by atoms with Crippen molar-refractivity contribution >= 4 is 5.82 Å². The summed E-state index contributed by atoms with van der Waals surface area (Å²) in [6.07, 6.45) is 1.70. The molecule has 2 rings (SSSR count). The van der Waals surface area contributed by atoms with E-state index < -0.39 is 0 Å². The fraction of sp³-hybridized carbons (Fsp3) is 0.667. The summed E-state index contributed by atoms with van der Waals surface area (Å²) in [6, 6.07) is 4.02. The minimum absolute atomic E-state index is 0.222. The molecule has 1 aliphatic rings. The van der Waals surface area contributed by atoms with Crippen molar-refractivity contribution in [2.45, 2.75) is 38.7 Å². The molecule has 1 aromatic heterocycles. The Morgan fingerprint density at radius 2 is 2.19 bits per heavy atom. The van der Waals surface area contributed by atoms with Crippen molar-refractivity contribution < 1.29 is 5.11 Å². The first-order valence-electron chi connectivity index (χ1n) is 5.93. The van der Waals surface area contributed by atoms with Gasteiger partial charge >= 0.3 is 0 Å². The Labute approximate surface area is 96.3 Å². The number of hydrogen-bond donors (Lipinski definition) is 1. The standard InChI is InChI=1S/C12H19N3O/c1-9(2)11-5-6-12(14-13-11)15-7-3-4-10(16)8-15/h5-6,9-10,16H,3-4,7-8H2,1-2H3. The zero-order valence-electron chi connectivity index (χ0n) is 9.93. The Hall–Kier alpha value is -1.16. The molecule has 16 heavy (non-hydrogen) atoms. The lowest BCUT2D eigenvalue weighted by Crippen LogP contribution is -2.38. The van der Waals surface area contributed by atoms with Crippen molar-refractivity contribution in [1.82, 2.24) is 10.2 Å². The van der Waals surface area contributed by atoms with Crippen LogP contribution in [-0.2, 0) is 0 Å². The van der Waals surface area contributed by atoms with Gasteiger partial charge in [0.05, 0.1) is 11.8 Å². The topological polar surface area (TPSA) is 49.2 Å². The lowest BCUT2D eigenvalue weighted by molar-refractivity contribution is 0.154. The molecule has 88 valence electrons. The van der Waals surface area contributed by atoms with Crippen LogP contribution < -0.4 is 4.90 Å². The van der Waals surface area contributed by atoms with E-state index in [1.165, 1.54) is 0 Å². The van der Waals surface area contributed by atoms with Gasteiger partial charge in [-0.1, -0.05) is 13.8 Å². The third-order valence-electron chi connectivity index (χ3n) is 2.98. The molecule has 0 amide bonds. The van der Waals surface area contributed by atoms with Gasteiger partial charge in [-0.25, -0.2) is 0 Å². The molecule has 4 heteroatoms. The van der Waals surface area contributed by atoms with E-state index in [-0.39, 0.29) is 6.10 Å². The summed E-state index contributed by atoms with van der Waals surface area (Å²) in [4.78, 5) is 2.10. The molecular formula is C12H19N3O. The van der Waals surface area contributed by atoms with Gasteiger partial charge in [0.2, 0.25) is 0 Å². The first-order chi connectivity index (χ1) is 7.66. The molecule has 1 atom stereocenters. The summed E-state index contributed by atoms with van der Waals surface area (Å²) in [6.45, 7) is 5.85. The molecule has 0 aromatic carbocycles. The zero-order chi connectivity index (χ0) is 11.5. The molecular weight excluding hydrogens is 202 g/mol. The molecule has 1 aromatic rings. The van der Waals surface area contributed by atoms with Gasteiger partial charge in [0.25, 0.3) is 0 Å². The third-order valence-corrected chi connectivity index (χ3v) is 2.98. The molecule has 0 bridgehead atoms. The monoisotopic (exact) mass is 221 g/mol. The maximum atomic E-state index is 9.59. The second-order valence-corrected chi connectivity index (χ2v) is 4.71. The largest absolute Gasteiger partial charge is 0.391 e. The number of β-amino-alcohol motifs (C(OH)–C–C–N with tert-alkyl or cyclic N) is 1. The van der Waals surface area contributed by atoms with E-state index in [9.17, 15) is 5.11 Å². The van der Waals surface area contributed by atoms with Crippen molar-refractivity contribution in [2.75, 3.05) is 18.0 Å². The van der Waals surface area contributed by atoms with Crippen LogP contribution in [0.25, 0.3) is 0 Å². The predicted octanol–water partition coefficient (Wildman–Crippen LogP) is 1.56. The van der Waals surface area contributed by atoms with Crippen molar-refractivity contribution in [3.05, 3.63) is 17.8 Å². The highest BCUT2D eigenvalue weighted by atomic mass is 16.3. The quantitative estimate of drug-likeness (QED) is 0.823. The minimum atomic E-state index is -0.222. The molecule has 0 radical (unpaired) electrons. The highest BCUT2D eigenvalue weighted by molar-refractivity contribution is 5.38. The Morgan fingerprint density at radius 3 is 2.75 bits per heavy atom. The minimum Gasteiger partial charge on any atom is -0.391 e. The van der Waals surface area contributed by atoms with Gasteiger partial charge < -0.3 is 10.0 Å². The van der Waals surface area contributed by atoms with Gasteiger partial charge in [-0.3, -0.25) is 0 Å². The summed E-state index contributed by atoms with van der Waals surface area (Å²) in [5.74, 6) is 1.29. The molecule has 0 saturated carbocycles. The number of aliphatic hydroxyl groups is 1. The zero-order valence-corrected chi connectivity index (χ0v) is 9.93.